The van der Waals surface area contributed by atoms with Crippen LogP contribution >= 0.6 is 23.2 Å². The maximum Gasteiger partial charge on any atom is 0.279 e. The molecule has 0 aliphatic rings. The molecule has 4 aromatic rings. The lowest BCUT2D eigenvalue weighted by Crippen LogP contribution is -2.16. The molecule has 0 aliphatic heterocycles. The molecule has 7 nitrogen and oxygen atoms in total. The van der Waals surface area contributed by atoms with Gasteiger partial charge in [0.15, 0.2) is 11.5 Å². The van der Waals surface area contributed by atoms with Crippen LogP contribution in [-0.4, -0.2) is 20.8 Å². The molecule has 4 rings (SSSR count). The highest BCUT2D eigenvalue weighted by atomic mass is 35.5. The van der Waals surface area contributed by atoms with E-state index in [1.807, 2.05) is 13.0 Å². The molecule has 10 heteroatoms. The van der Waals surface area contributed by atoms with Crippen molar-refractivity contribution in [3.05, 3.63) is 92.7 Å². The van der Waals surface area contributed by atoms with Gasteiger partial charge < -0.3 is 14.6 Å². The van der Waals surface area contributed by atoms with E-state index in [1.165, 1.54) is 18.2 Å². The van der Waals surface area contributed by atoms with E-state index in [1.54, 1.807) is 35.9 Å². The lowest BCUT2D eigenvalue weighted by Gasteiger charge is -2.07. The molecule has 2 heterocycles. The maximum atomic E-state index is 13.4. The molecule has 0 unspecified atom stereocenters. The summed E-state index contributed by atoms with van der Waals surface area (Å²) in [6.07, 6.45) is 0. The Morgan fingerprint density at radius 2 is 1.97 bits per heavy atom. The molecular formula is C23H19Cl2FN4O3. The Balaban J connectivity index is 1.46. The minimum Gasteiger partial charge on any atom is -0.489 e. The Hall–Kier alpha value is -3.36. The highest BCUT2D eigenvalue weighted by molar-refractivity contribution is 6.42. The quantitative estimate of drug-likeness (QED) is 0.354. The third-order valence-electron chi connectivity index (χ3n) is 4.92. The standard InChI is InChI=1S/C23H19Cl2FN4O3/c1-13-8-21(28-30(13)11-15-6-7-19(24)20(25)9-15)27-23(31)22-18(14(2)33-29-22)12-32-17-5-3-4-16(26)10-17/h3-10H,11-12H2,1-2H3,(H,27,28,31). The van der Waals surface area contributed by atoms with Crippen LogP contribution in [0.3, 0.4) is 0 Å². The van der Waals surface area contributed by atoms with Gasteiger partial charge in [-0.15, -0.1) is 0 Å². The minimum atomic E-state index is -0.496. The van der Waals surface area contributed by atoms with Crippen molar-refractivity contribution in [1.82, 2.24) is 14.9 Å². The van der Waals surface area contributed by atoms with Crippen LogP contribution in [-0.2, 0) is 13.2 Å². The second kappa shape index (κ2) is 9.64. The topological polar surface area (TPSA) is 82.2 Å². The summed E-state index contributed by atoms with van der Waals surface area (Å²) in [6, 6.07) is 12.8. The summed E-state index contributed by atoms with van der Waals surface area (Å²) < 4.78 is 25.9. The number of nitrogens with one attached hydrogen (secondary N) is 1. The van der Waals surface area contributed by atoms with E-state index in [2.05, 4.69) is 15.6 Å². The van der Waals surface area contributed by atoms with E-state index in [-0.39, 0.29) is 12.3 Å². The van der Waals surface area contributed by atoms with Gasteiger partial charge in [0, 0.05) is 17.8 Å². The Kier molecular flexibility index (Phi) is 6.67. The Bertz CT molecular complexity index is 1320. The Labute approximate surface area is 199 Å². The number of carbonyl (C=O) groups is 1. The van der Waals surface area contributed by atoms with Gasteiger partial charge in [-0.25, -0.2) is 4.39 Å². The van der Waals surface area contributed by atoms with Crippen molar-refractivity contribution in [2.75, 3.05) is 5.32 Å². The van der Waals surface area contributed by atoms with Gasteiger partial charge in [-0.1, -0.05) is 40.5 Å². The number of anilines is 1. The zero-order valence-corrected chi connectivity index (χ0v) is 19.2. The van der Waals surface area contributed by atoms with E-state index in [4.69, 9.17) is 32.5 Å². The summed E-state index contributed by atoms with van der Waals surface area (Å²) in [5, 5.41) is 12.0. The third-order valence-corrected chi connectivity index (χ3v) is 5.66. The molecule has 0 atom stereocenters. The number of aromatic nitrogens is 3. The summed E-state index contributed by atoms with van der Waals surface area (Å²) in [7, 11) is 0. The fourth-order valence-electron chi connectivity index (χ4n) is 3.17. The number of benzene rings is 2. The average molecular weight is 489 g/mol. The Morgan fingerprint density at radius 1 is 1.15 bits per heavy atom. The van der Waals surface area contributed by atoms with E-state index >= 15 is 0 Å². The molecule has 0 saturated heterocycles. The van der Waals surface area contributed by atoms with Crippen molar-refractivity contribution >= 4 is 34.9 Å². The smallest absolute Gasteiger partial charge is 0.279 e. The average Bonchev–Trinajstić information content (AvgIpc) is 3.31. The van der Waals surface area contributed by atoms with E-state index in [9.17, 15) is 9.18 Å². The molecule has 0 saturated carbocycles. The molecule has 170 valence electrons. The van der Waals surface area contributed by atoms with Crippen molar-refractivity contribution in [2.45, 2.75) is 27.0 Å². The second-order valence-electron chi connectivity index (χ2n) is 7.34. The number of ether oxygens (including phenoxy) is 1. The van der Waals surface area contributed by atoms with Crippen LogP contribution in [0.4, 0.5) is 10.2 Å². The first kappa shape index (κ1) is 22.8. The van der Waals surface area contributed by atoms with Crippen molar-refractivity contribution in [1.29, 1.82) is 0 Å². The predicted molar refractivity (Wildman–Crippen MR) is 122 cm³/mol. The lowest BCUT2D eigenvalue weighted by molar-refractivity contribution is 0.101. The van der Waals surface area contributed by atoms with Gasteiger partial charge in [-0.3, -0.25) is 9.48 Å². The molecule has 2 aromatic heterocycles. The maximum absolute atomic E-state index is 13.4. The van der Waals surface area contributed by atoms with Gasteiger partial charge in [0.05, 0.1) is 22.2 Å². The number of amides is 1. The van der Waals surface area contributed by atoms with Crippen LogP contribution < -0.4 is 10.1 Å². The molecule has 0 fully saturated rings. The number of nitrogens with zero attached hydrogens (tertiary/aromatic N) is 3. The lowest BCUT2D eigenvalue weighted by atomic mass is 10.2. The van der Waals surface area contributed by atoms with Gasteiger partial charge in [0.25, 0.3) is 5.91 Å². The van der Waals surface area contributed by atoms with Gasteiger partial charge in [0.2, 0.25) is 0 Å². The molecule has 33 heavy (non-hydrogen) atoms. The third kappa shape index (κ3) is 5.35. The number of hydrogen-bond donors (Lipinski definition) is 1. The van der Waals surface area contributed by atoms with Crippen LogP contribution in [0.25, 0.3) is 0 Å². The van der Waals surface area contributed by atoms with Gasteiger partial charge in [-0.05, 0) is 43.7 Å². The first-order chi connectivity index (χ1) is 15.8. The van der Waals surface area contributed by atoms with Gasteiger partial charge in [0.1, 0.15) is 23.9 Å². The Morgan fingerprint density at radius 3 is 2.73 bits per heavy atom. The molecule has 0 aliphatic carbocycles. The number of carbonyl (C=O) groups excluding carboxylic acids is 1. The summed E-state index contributed by atoms with van der Waals surface area (Å²) in [5.74, 6) is 0.204. The van der Waals surface area contributed by atoms with Crippen molar-refractivity contribution in [3.8, 4) is 5.75 Å². The zero-order chi connectivity index (χ0) is 23.5. The highest BCUT2D eigenvalue weighted by Crippen LogP contribution is 2.24. The summed E-state index contributed by atoms with van der Waals surface area (Å²) in [5.41, 5.74) is 2.28. The van der Waals surface area contributed by atoms with Crippen LogP contribution in [0.15, 0.2) is 53.1 Å². The molecule has 0 spiro atoms. The molecular weight excluding hydrogens is 470 g/mol. The monoisotopic (exact) mass is 488 g/mol. The number of aryl methyl sites for hydroxylation is 2. The first-order valence-corrected chi connectivity index (χ1v) is 10.7. The fourth-order valence-corrected chi connectivity index (χ4v) is 3.49. The molecule has 1 amide bonds. The molecule has 1 N–H and O–H groups in total. The fraction of sp³-hybridized carbons (Fsp3) is 0.174. The summed E-state index contributed by atoms with van der Waals surface area (Å²) in [6.45, 7) is 3.99. The van der Waals surface area contributed by atoms with E-state index in [0.29, 0.717) is 39.5 Å². The number of rotatable bonds is 7. The van der Waals surface area contributed by atoms with Crippen LogP contribution in [0, 0.1) is 19.7 Å². The van der Waals surface area contributed by atoms with Crippen LogP contribution in [0.5, 0.6) is 5.75 Å². The van der Waals surface area contributed by atoms with Gasteiger partial charge >= 0.3 is 0 Å². The van der Waals surface area contributed by atoms with Crippen molar-refractivity contribution in [2.24, 2.45) is 0 Å². The number of hydrogen-bond acceptors (Lipinski definition) is 5. The molecule has 2 aromatic carbocycles. The molecule has 0 bridgehead atoms. The first-order valence-electron chi connectivity index (χ1n) is 9.93. The van der Waals surface area contributed by atoms with Crippen molar-refractivity contribution in [3.63, 3.8) is 0 Å². The van der Waals surface area contributed by atoms with E-state index < -0.39 is 11.7 Å². The predicted octanol–water partition coefficient (Wildman–Crippen LogP) is 5.81. The van der Waals surface area contributed by atoms with Crippen LogP contribution in [0.1, 0.15) is 33.1 Å². The van der Waals surface area contributed by atoms with Gasteiger partial charge in [-0.2, -0.15) is 5.10 Å². The normalized spacial score (nSPS) is 10.9. The van der Waals surface area contributed by atoms with Crippen LogP contribution in [0.2, 0.25) is 10.0 Å². The summed E-state index contributed by atoms with van der Waals surface area (Å²) in [4.78, 5) is 12.8. The SMILES string of the molecule is Cc1onc(C(=O)Nc2cc(C)n(Cc3ccc(Cl)c(Cl)c3)n2)c1COc1cccc(F)c1. The molecule has 0 radical (unpaired) electrons. The van der Waals surface area contributed by atoms with Crippen molar-refractivity contribution < 1.29 is 18.4 Å². The van der Waals surface area contributed by atoms with E-state index in [0.717, 1.165) is 11.3 Å². The highest BCUT2D eigenvalue weighted by Gasteiger charge is 2.21. The zero-order valence-electron chi connectivity index (χ0n) is 17.7. The minimum absolute atomic E-state index is 0.00760. The second-order valence-corrected chi connectivity index (χ2v) is 8.16. The number of halogens is 3. The summed E-state index contributed by atoms with van der Waals surface area (Å²) >= 11 is 12.1. The largest absolute Gasteiger partial charge is 0.489 e.